The fourth-order valence-electron chi connectivity index (χ4n) is 3.21. The third-order valence-electron chi connectivity index (χ3n) is 4.10. The summed E-state index contributed by atoms with van der Waals surface area (Å²) in [6, 6.07) is 12.4. The predicted molar refractivity (Wildman–Crippen MR) is 106 cm³/mol. The molecule has 0 aliphatic rings. The molecule has 3 rings (SSSR count). The van der Waals surface area contributed by atoms with Crippen molar-refractivity contribution < 1.29 is 0 Å². The monoisotopic (exact) mass is 336 g/mol. The maximum absolute atomic E-state index is 4.99. The number of aromatic amines is 1. The van der Waals surface area contributed by atoms with E-state index in [-0.39, 0.29) is 0 Å². The fraction of sp³-hybridized carbons (Fsp3) is 0.429. The van der Waals surface area contributed by atoms with Gasteiger partial charge in [-0.2, -0.15) is 0 Å². The van der Waals surface area contributed by atoms with Crippen molar-refractivity contribution >= 4 is 16.9 Å². The summed E-state index contributed by atoms with van der Waals surface area (Å²) in [5, 5.41) is 1.11. The number of rotatable bonds is 6. The minimum atomic E-state index is 0.573. The minimum absolute atomic E-state index is 0.573. The lowest BCUT2D eigenvalue weighted by molar-refractivity contribution is 0.550. The standard InChI is InChI=1S/C21H28N4/c1-14(2)12-25(13-15(3)4)21-18-11-16(5)22-20(18)23-19(24-21)17-9-7-6-8-10-17/h6-11,14-15H,12-13H2,1-5H3,(H,22,23,24). The van der Waals surface area contributed by atoms with Gasteiger partial charge in [0.1, 0.15) is 11.5 Å². The van der Waals surface area contributed by atoms with E-state index in [1.165, 1.54) is 0 Å². The van der Waals surface area contributed by atoms with Gasteiger partial charge in [-0.3, -0.25) is 0 Å². The fourth-order valence-corrected chi connectivity index (χ4v) is 3.21. The summed E-state index contributed by atoms with van der Waals surface area (Å²) in [4.78, 5) is 15.6. The van der Waals surface area contributed by atoms with E-state index in [0.717, 1.165) is 47.0 Å². The normalized spacial score (nSPS) is 11.6. The molecule has 0 saturated heterocycles. The van der Waals surface area contributed by atoms with Gasteiger partial charge in [0, 0.05) is 24.3 Å². The van der Waals surface area contributed by atoms with Gasteiger partial charge < -0.3 is 9.88 Å². The van der Waals surface area contributed by atoms with Crippen LogP contribution < -0.4 is 4.90 Å². The highest BCUT2D eigenvalue weighted by atomic mass is 15.2. The Kier molecular flexibility index (Phi) is 5.07. The summed E-state index contributed by atoms with van der Waals surface area (Å²) >= 11 is 0. The predicted octanol–water partition coefficient (Wildman–Crippen LogP) is 5.05. The SMILES string of the molecule is Cc1cc2c(N(CC(C)C)CC(C)C)nc(-c3ccccc3)nc2[nH]1. The first kappa shape index (κ1) is 17.5. The Morgan fingerprint density at radius 2 is 1.60 bits per heavy atom. The molecule has 0 aliphatic heterocycles. The maximum atomic E-state index is 4.99. The summed E-state index contributed by atoms with van der Waals surface area (Å²) in [6.45, 7) is 13.1. The molecular weight excluding hydrogens is 308 g/mol. The van der Waals surface area contributed by atoms with Crippen molar-refractivity contribution in [3.63, 3.8) is 0 Å². The molecule has 1 aromatic carbocycles. The first-order valence-electron chi connectivity index (χ1n) is 9.11. The number of hydrogen-bond acceptors (Lipinski definition) is 3. The smallest absolute Gasteiger partial charge is 0.163 e. The number of hydrogen-bond donors (Lipinski definition) is 1. The van der Waals surface area contributed by atoms with Crippen molar-refractivity contribution in [1.29, 1.82) is 0 Å². The van der Waals surface area contributed by atoms with Crippen molar-refractivity contribution in [3.05, 3.63) is 42.1 Å². The first-order valence-corrected chi connectivity index (χ1v) is 9.11. The van der Waals surface area contributed by atoms with E-state index in [9.17, 15) is 0 Å². The molecule has 0 spiro atoms. The number of aryl methyl sites for hydroxylation is 1. The topological polar surface area (TPSA) is 44.8 Å². The van der Waals surface area contributed by atoms with Gasteiger partial charge in [0.15, 0.2) is 5.82 Å². The van der Waals surface area contributed by atoms with E-state index >= 15 is 0 Å². The summed E-state index contributed by atoms with van der Waals surface area (Å²) in [5.74, 6) is 2.96. The van der Waals surface area contributed by atoms with Crippen LogP contribution in [0.1, 0.15) is 33.4 Å². The number of aromatic nitrogens is 3. The van der Waals surface area contributed by atoms with Crippen LogP contribution in [0.3, 0.4) is 0 Å². The van der Waals surface area contributed by atoms with Crippen LogP contribution in [0, 0.1) is 18.8 Å². The zero-order chi connectivity index (χ0) is 18.0. The Balaban J connectivity index is 2.16. The molecular formula is C21H28N4. The average molecular weight is 336 g/mol. The molecule has 132 valence electrons. The van der Waals surface area contributed by atoms with E-state index in [1.807, 2.05) is 18.2 Å². The minimum Gasteiger partial charge on any atom is -0.355 e. The van der Waals surface area contributed by atoms with E-state index < -0.39 is 0 Å². The zero-order valence-corrected chi connectivity index (χ0v) is 15.9. The average Bonchev–Trinajstić information content (AvgIpc) is 2.93. The van der Waals surface area contributed by atoms with Crippen molar-refractivity contribution in [2.24, 2.45) is 11.8 Å². The first-order chi connectivity index (χ1) is 11.9. The van der Waals surface area contributed by atoms with Crippen LogP contribution in [-0.2, 0) is 0 Å². The van der Waals surface area contributed by atoms with E-state index in [1.54, 1.807) is 0 Å². The van der Waals surface area contributed by atoms with E-state index in [2.05, 4.69) is 62.7 Å². The second kappa shape index (κ2) is 7.26. The van der Waals surface area contributed by atoms with Crippen LogP contribution in [0.5, 0.6) is 0 Å². The van der Waals surface area contributed by atoms with Gasteiger partial charge in [-0.1, -0.05) is 58.0 Å². The molecule has 0 unspecified atom stereocenters. The number of anilines is 1. The van der Waals surface area contributed by atoms with Gasteiger partial charge in [-0.15, -0.1) is 0 Å². The number of nitrogens with zero attached hydrogens (tertiary/aromatic N) is 3. The quantitative estimate of drug-likeness (QED) is 0.685. The van der Waals surface area contributed by atoms with Crippen molar-refractivity contribution in [2.75, 3.05) is 18.0 Å². The Bertz CT molecular complexity index is 824. The zero-order valence-electron chi connectivity index (χ0n) is 15.9. The Hall–Kier alpha value is -2.36. The van der Waals surface area contributed by atoms with Gasteiger partial charge in [-0.25, -0.2) is 9.97 Å². The lowest BCUT2D eigenvalue weighted by Gasteiger charge is -2.28. The van der Waals surface area contributed by atoms with Gasteiger partial charge >= 0.3 is 0 Å². The summed E-state index contributed by atoms with van der Waals surface area (Å²) in [5.41, 5.74) is 3.08. The van der Waals surface area contributed by atoms with E-state index in [0.29, 0.717) is 11.8 Å². The molecule has 2 aromatic heterocycles. The largest absolute Gasteiger partial charge is 0.355 e. The second-order valence-corrected chi connectivity index (χ2v) is 7.64. The molecule has 0 radical (unpaired) electrons. The third kappa shape index (κ3) is 4.01. The van der Waals surface area contributed by atoms with Gasteiger partial charge in [0.05, 0.1) is 5.39 Å². The number of fused-ring (bicyclic) bond motifs is 1. The summed E-state index contributed by atoms with van der Waals surface area (Å²) < 4.78 is 0. The number of H-pyrrole nitrogens is 1. The molecule has 4 nitrogen and oxygen atoms in total. The van der Waals surface area contributed by atoms with Crippen LogP contribution in [0.25, 0.3) is 22.4 Å². The molecule has 25 heavy (non-hydrogen) atoms. The van der Waals surface area contributed by atoms with Gasteiger partial charge in [0.2, 0.25) is 0 Å². The Morgan fingerprint density at radius 3 is 2.20 bits per heavy atom. The Labute approximate surface area is 150 Å². The number of nitrogens with one attached hydrogen (secondary N) is 1. The molecule has 0 amide bonds. The molecule has 4 heteroatoms. The highest BCUT2D eigenvalue weighted by Crippen LogP contribution is 2.29. The molecule has 1 N–H and O–H groups in total. The van der Waals surface area contributed by atoms with Gasteiger partial charge in [0.25, 0.3) is 0 Å². The lowest BCUT2D eigenvalue weighted by atomic mass is 10.1. The van der Waals surface area contributed by atoms with Crippen molar-refractivity contribution in [2.45, 2.75) is 34.6 Å². The van der Waals surface area contributed by atoms with Gasteiger partial charge in [-0.05, 0) is 24.8 Å². The molecule has 0 fully saturated rings. The molecule has 2 heterocycles. The van der Waals surface area contributed by atoms with E-state index in [4.69, 9.17) is 9.97 Å². The summed E-state index contributed by atoms with van der Waals surface area (Å²) in [6.07, 6.45) is 0. The van der Waals surface area contributed by atoms with Crippen LogP contribution in [0.15, 0.2) is 36.4 Å². The third-order valence-corrected chi connectivity index (χ3v) is 4.10. The van der Waals surface area contributed by atoms with Crippen molar-refractivity contribution in [3.8, 4) is 11.4 Å². The highest BCUT2D eigenvalue weighted by molar-refractivity contribution is 5.90. The second-order valence-electron chi connectivity index (χ2n) is 7.64. The molecule has 0 aliphatic carbocycles. The van der Waals surface area contributed by atoms with Crippen LogP contribution >= 0.6 is 0 Å². The van der Waals surface area contributed by atoms with Crippen molar-refractivity contribution in [1.82, 2.24) is 15.0 Å². The van der Waals surface area contributed by atoms with Crippen LogP contribution in [0.4, 0.5) is 5.82 Å². The number of benzene rings is 1. The molecule has 0 atom stereocenters. The van der Waals surface area contributed by atoms with Crippen LogP contribution in [0.2, 0.25) is 0 Å². The lowest BCUT2D eigenvalue weighted by Crippen LogP contribution is -2.32. The highest BCUT2D eigenvalue weighted by Gasteiger charge is 2.18. The maximum Gasteiger partial charge on any atom is 0.163 e. The molecule has 3 aromatic rings. The molecule has 0 bridgehead atoms. The Morgan fingerprint density at radius 1 is 0.960 bits per heavy atom. The summed E-state index contributed by atoms with van der Waals surface area (Å²) in [7, 11) is 0. The van der Waals surface area contributed by atoms with Crippen LogP contribution in [-0.4, -0.2) is 28.0 Å². The molecule has 0 saturated carbocycles.